The summed E-state index contributed by atoms with van der Waals surface area (Å²) in [5.41, 5.74) is 0. The third-order valence-corrected chi connectivity index (χ3v) is 17.3. The van der Waals surface area contributed by atoms with Gasteiger partial charge in [0.05, 0.1) is 13.2 Å². The maximum Gasteiger partial charge on any atom is 0.192 e. The Morgan fingerprint density at radius 3 is 0.611 bits per heavy atom. The zero-order valence-electron chi connectivity index (χ0n) is 38.6. The van der Waals surface area contributed by atoms with Gasteiger partial charge in [0.15, 0.2) is 8.32 Å². The van der Waals surface area contributed by atoms with Crippen LogP contribution in [0, 0.1) is 0 Å². The van der Waals surface area contributed by atoms with Crippen LogP contribution in [-0.4, -0.2) is 28.6 Å². The molecule has 0 aromatic carbocycles. The molecule has 0 radical (unpaired) electrons. The summed E-state index contributed by atoms with van der Waals surface area (Å²) in [5.74, 6) is 0. The molecule has 0 rings (SSSR count). The largest absolute Gasteiger partial charge is 0.414 e. The summed E-state index contributed by atoms with van der Waals surface area (Å²) < 4.78 is 12.5. The van der Waals surface area contributed by atoms with Crippen LogP contribution in [0.2, 0.25) is 18.1 Å². The second-order valence-electron chi connectivity index (χ2n) is 18.1. The Balaban J connectivity index is 4.51. The van der Waals surface area contributed by atoms with E-state index in [1.54, 1.807) is 0 Å². The highest BCUT2D eigenvalue weighted by Gasteiger charge is 2.33. The van der Waals surface area contributed by atoms with Crippen LogP contribution in [0.1, 0.15) is 290 Å². The van der Waals surface area contributed by atoms with Gasteiger partial charge in [-0.1, -0.05) is 290 Å². The van der Waals surface area contributed by atoms with Crippen molar-refractivity contribution in [3.05, 3.63) is 0 Å². The van der Waals surface area contributed by atoms with Crippen molar-refractivity contribution in [1.82, 2.24) is 0 Å². The van der Waals surface area contributed by atoms with Gasteiger partial charge in [-0.05, 0) is 18.1 Å². The predicted octanol–water partition coefficient (Wildman–Crippen LogP) is 19.0. The summed E-state index contributed by atoms with van der Waals surface area (Å²) in [6.07, 6.45) is 60.7. The van der Waals surface area contributed by atoms with Crippen molar-refractivity contribution in [2.45, 2.75) is 309 Å². The summed E-state index contributed by atoms with van der Waals surface area (Å²) in [6, 6.07) is 4.23. The molecule has 0 saturated carbocycles. The summed E-state index contributed by atoms with van der Waals surface area (Å²) in [4.78, 5) is 0. The van der Waals surface area contributed by atoms with Gasteiger partial charge in [0, 0.05) is 7.11 Å². The van der Waals surface area contributed by atoms with Crippen LogP contribution in [0.15, 0.2) is 0 Å². The van der Waals surface area contributed by atoms with Gasteiger partial charge in [0.2, 0.25) is 0 Å². The molecule has 326 valence electrons. The Morgan fingerprint density at radius 1 is 0.241 bits per heavy atom. The fraction of sp³-hybridized carbons (Fsp3) is 1.00. The molecule has 0 aliphatic heterocycles. The number of hydrogen-bond acceptors (Lipinski definition) is 2. The molecule has 0 aromatic rings. The summed E-state index contributed by atoms with van der Waals surface area (Å²) >= 11 is 0. The number of rotatable bonds is 49. The molecule has 0 atom stereocenters. The van der Waals surface area contributed by atoms with Crippen molar-refractivity contribution in [3.63, 3.8) is 0 Å². The normalized spacial score (nSPS) is 12.0. The molecule has 54 heavy (non-hydrogen) atoms. The van der Waals surface area contributed by atoms with Crippen LogP contribution in [0.25, 0.3) is 0 Å². The average molecular weight is 779 g/mol. The van der Waals surface area contributed by atoms with E-state index in [2.05, 4.69) is 20.8 Å². The van der Waals surface area contributed by atoms with Crippen LogP contribution in [0.5, 0.6) is 0 Å². The van der Waals surface area contributed by atoms with Crippen molar-refractivity contribution in [1.29, 1.82) is 0 Å². The smallest absolute Gasteiger partial charge is 0.192 e. The Kier molecular flexibility index (Phi) is 47.6. The van der Waals surface area contributed by atoms with Crippen molar-refractivity contribution in [2.75, 3.05) is 20.3 Å². The van der Waals surface area contributed by atoms with E-state index in [0.717, 1.165) is 13.2 Å². The molecule has 2 nitrogen and oxygen atoms in total. The van der Waals surface area contributed by atoms with Crippen LogP contribution in [0.3, 0.4) is 0 Å². The van der Waals surface area contributed by atoms with Crippen molar-refractivity contribution in [3.8, 4) is 0 Å². The van der Waals surface area contributed by atoms with Gasteiger partial charge in [-0.15, -0.1) is 0 Å². The lowest BCUT2D eigenvalue weighted by Crippen LogP contribution is -2.39. The second-order valence-corrected chi connectivity index (χ2v) is 22.2. The molecule has 0 amide bonds. The highest BCUT2D eigenvalue weighted by atomic mass is 28.4. The molecule has 0 unspecified atom stereocenters. The van der Waals surface area contributed by atoms with Gasteiger partial charge < -0.3 is 9.16 Å². The van der Waals surface area contributed by atoms with E-state index >= 15 is 0 Å². The Morgan fingerprint density at radius 2 is 0.426 bits per heavy atom. The Labute approximate surface area is 345 Å². The molecule has 0 heterocycles. The SMILES string of the molecule is CCCCCCCCCCCCCCCC[Si](CCCCCCCCCCCCCCCC)(CCCCCCCCCCCCCCCC)OCCOC. The van der Waals surface area contributed by atoms with Crippen LogP contribution >= 0.6 is 0 Å². The van der Waals surface area contributed by atoms with Gasteiger partial charge in [0.25, 0.3) is 0 Å². The third kappa shape index (κ3) is 41.8. The Hall–Kier alpha value is 0.137. The molecule has 0 N–H and O–H groups in total. The zero-order valence-corrected chi connectivity index (χ0v) is 39.6. The zero-order chi connectivity index (χ0) is 39.1. The maximum atomic E-state index is 7.02. The standard InChI is InChI=1S/C51H106O2Si/c1-5-8-11-14-17-20-23-26-29-32-35-38-41-44-49-54(53-48-47-52-4,50-45-42-39-36-33-30-27-24-21-18-15-12-9-6-2)51-46-43-40-37-34-31-28-25-22-19-16-13-10-7-3/h5-51H2,1-4H3. The molecule has 0 fully saturated rings. The van der Waals surface area contributed by atoms with Gasteiger partial charge >= 0.3 is 0 Å². The molecule has 0 saturated heterocycles. The van der Waals surface area contributed by atoms with Crippen LogP contribution < -0.4 is 0 Å². The fourth-order valence-electron chi connectivity index (χ4n) is 8.86. The summed E-state index contributed by atoms with van der Waals surface area (Å²) in [5, 5.41) is 0. The minimum absolute atomic E-state index is 0.769. The molecule has 0 aromatic heterocycles. The van der Waals surface area contributed by atoms with E-state index in [0.29, 0.717) is 0 Å². The summed E-state index contributed by atoms with van der Waals surface area (Å²) in [6.45, 7) is 8.55. The highest BCUT2D eigenvalue weighted by molar-refractivity contribution is 6.73. The number of methoxy groups -OCH3 is 1. The first kappa shape index (κ1) is 54.1. The van der Waals surface area contributed by atoms with Gasteiger partial charge in [-0.3, -0.25) is 0 Å². The molecular weight excluding hydrogens is 673 g/mol. The molecule has 0 aliphatic carbocycles. The van der Waals surface area contributed by atoms with Crippen LogP contribution in [-0.2, 0) is 9.16 Å². The fourth-order valence-corrected chi connectivity index (χ4v) is 13.2. The van der Waals surface area contributed by atoms with E-state index in [1.807, 2.05) is 7.11 Å². The molecule has 0 spiro atoms. The van der Waals surface area contributed by atoms with Crippen molar-refractivity contribution < 1.29 is 9.16 Å². The second kappa shape index (κ2) is 47.5. The van der Waals surface area contributed by atoms with E-state index in [1.165, 1.54) is 288 Å². The first-order valence-corrected chi connectivity index (χ1v) is 28.4. The van der Waals surface area contributed by atoms with Crippen LogP contribution in [0.4, 0.5) is 0 Å². The van der Waals surface area contributed by atoms with Gasteiger partial charge in [0.1, 0.15) is 0 Å². The average Bonchev–Trinajstić information content (AvgIpc) is 3.18. The molecule has 0 bridgehead atoms. The lowest BCUT2D eigenvalue weighted by Gasteiger charge is -2.32. The van der Waals surface area contributed by atoms with E-state index < -0.39 is 8.32 Å². The monoisotopic (exact) mass is 779 g/mol. The topological polar surface area (TPSA) is 18.5 Å². The Bertz CT molecular complexity index is 575. The minimum atomic E-state index is -1.72. The molecule has 0 aliphatic rings. The van der Waals surface area contributed by atoms with Gasteiger partial charge in [-0.2, -0.15) is 0 Å². The third-order valence-electron chi connectivity index (χ3n) is 12.7. The van der Waals surface area contributed by atoms with E-state index in [-0.39, 0.29) is 0 Å². The lowest BCUT2D eigenvalue weighted by molar-refractivity contribution is 0.140. The first-order chi connectivity index (χ1) is 26.7. The van der Waals surface area contributed by atoms with Gasteiger partial charge in [-0.25, -0.2) is 0 Å². The number of unbranched alkanes of at least 4 members (excludes halogenated alkanes) is 39. The number of ether oxygens (including phenoxy) is 1. The highest BCUT2D eigenvalue weighted by Crippen LogP contribution is 2.31. The predicted molar refractivity (Wildman–Crippen MR) is 249 cm³/mol. The number of hydrogen-bond donors (Lipinski definition) is 0. The minimum Gasteiger partial charge on any atom is -0.414 e. The van der Waals surface area contributed by atoms with E-state index in [9.17, 15) is 0 Å². The first-order valence-electron chi connectivity index (χ1n) is 25.9. The quantitative estimate of drug-likeness (QED) is 0.0452. The maximum absolute atomic E-state index is 7.02. The van der Waals surface area contributed by atoms with E-state index in [4.69, 9.17) is 9.16 Å². The lowest BCUT2D eigenvalue weighted by atomic mass is 10.0. The molecule has 3 heteroatoms. The van der Waals surface area contributed by atoms with Crippen molar-refractivity contribution >= 4 is 8.32 Å². The summed E-state index contributed by atoms with van der Waals surface area (Å²) in [7, 11) is 0.128. The molecular formula is C51H106O2Si. The van der Waals surface area contributed by atoms with Crippen molar-refractivity contribution in [2.24, 2.45) is 0 Å².